The molecule has 0 radical (unpaired) electrons. The van der Waals surface area contributed by atoms with Gasteiger partial charge in [0.2, 0.25) is 0 Å². The number of benzene rings is 1. The van der Waals surface area contributed by atoms with E-state index in [-0.39, 0.29) is 0 Å². The van der Waals surface area contributed by atoms with Gasteiger partial charge in [0, 0.05) is 24.8 Å². The molecule has 0 aliphatic heterocycles. The third-order valence-electron chi connectivity index (χ3n) is 2.21. The molecule has 0 unspecified atom stereocenters. The van der Waals surface area contributed by atoms with Crippen LogP contribution in [0.1, 0.15) is 11.3 Å². The third kappa shape index (κ3) is 2.73. The Kier molecular flexibility index (Phi) is 3.41. The van der Waals surface area contributed by atoms with Crippen LogP contribution in [0.15, 0.2) is 30.5 Å². The smallest absolute Gasteiger partial charge is 0.102 e. The van der Waals surface area contributed by atoms with Crippen molar-refractivity contribution in [3.8, 4) is 0 Å². The van der Waals surface area contributed by atoms with E-state index in [9.17, 15) is 0 Å². The molecule has 0 aliphatic carbocycles. The fourth-order valence-electron chi connectivity index (χ4n) is 1.43. The maximum atomic E-state index is 5.77. The van der Waals surface area contributed by atoms with E-state index in [4.69, 9.17) is 11.6 Å². The Morgan fingerprint density at radius 3 is 3.00 bits per heavy atom. The fraction of sp³-hybridized carbons (Fsp3) is 0.273. The van der Waals surface area contributed by atoms with E-state index in [0.29, 0.717) is 12.4 Å². The summed E-state index contributed by atoms with van der Waals surface area (Å²) in [4.78, 5) is 0. The van der Waals surface area contributed by atoms with E-state index in [0.717, 1.165) is 16.9 Å². The molecule has 2 aromatic rings. The van der Waals surface area contributed by atoms with E-state index in [2.05, 4.69) is 15.6 Å². The molecule has 0 amide bonds. The molecule has 0 saturated carbocycles. The number of hydrogen-bond acceptors (Lipinski definition) is 3. The van der Waals surface area contributed by atoms with Crippen molar-refractivity contribution in [3.05, 3.63) is 41.7 Å². The number of hydrogen-bond donors (Lipinski definition) is 1. The number of aryl methyl sites for hydroxylation is 1. The molecular formula is C11H13ClN4. The van der Waals surface area contributed by atoms with Crippen LogP contribution in [-0.2, 0) is 19.5 Å². The van der Waals surface area contributed by atoms with E-state index in [1.165, 1.54) is 0 Å². The highest BCUT2D eigenvalue weighted by Gasteiger charge is 1.98. The number of nitrogens with zero attached hydrogens (tertiary/aromatic N) is 3. The minimum atomic E-state index is 0.528. The molecule has 1 aromatic heterocycles. The summed E-state index contributed by atoms with van der Waals surface area (Å²) < 4.78 is 1.69. The standard InChI is InChI=1S/C11H13ClN4/c1-16-8-11(14-15-16)7-13-10-4-2-3-9(5-10)6-12/h2-5,8,13H,6-7H2,1H3. The lowest BCUT2D eigenvalue weighted by Crippen LogP contribution is -2.00. The van der Waals surface area contributed by atoms with Crippen molar-refractivity contribution >= 4 is 17.3 Å². The quantitative estimate of drug-likeness (QED) is 0.828. The zero-order chi connectivity index (χ0) is 11.4. The second kappa shape index (κ2) is 4.99. The number of anilines is 1. The Morgan fingerprint density at radius 1 is 1.44 bits per heavy atom. The van der Waals surface area contributed by atoms with Gasteiger partial charge in [0.25, 0.3) is 0 Å². The summed E-state index contributed by atoms with van der Waals surface area (Å²) in [5, 5.41) is 11.1. The van der Waals surface area contributed by atoms with Crippen LogP contribution < -0.4 is 5.32 Å². The van der Waals surface area contributed by atoms with Crippen molar-refractivity contribution in [2.75, 3.05) is 5.32 Å². The second-order valence-corrected chi connectivity index (χ2v) is 3.84. The molecule has 0 aliphatic rings. The van der Waals surface area contributed by atoms with Gasteiger partial charge in [0.15, 0.2) is 0 Å². The minimum Gasteiger partial charge on any atom is -0.379 e. The van der Waals surface area contributed by atoms with Gasteiger partial charge in [-0.2, -0.15) is 0 Å². The van der Waals surface area contributed by atoms with Crippen molar-refractivity contribution in [1.82, 2.24) is 15.0 Å². The average Bonchev–Trinajstić information content (AvgIpc) is 2.73. The van der Waals surface area contributed by atoms with Crippen molar-refractivity contribution in [2.24, 2.45) is 7.05 Å². The summed E-state index contributed by atoms with van der Waals surface area (Å²) in [6, 6.07) is 8.02. The summed E-state index contributed by atoms with van der Waals surface area (Å²) in [5.41, 5.74) is 3.06. The van der Waals surface area contributed by atoms with Gasteiger partial charge in [-0.25, -0.2) is 0 Å². The lowest BCUT2D eigenvalue weighted by atomic mass is 10.2. The zero-order valence-electron chi connectivity index (χ0n) is 9.02. The van der Waals surface area contributed by atoms with Crippen LogP contribution in [0.25, 0.3) is 0 Å². The van der Waals surface area contributed by atoms with E-state index in [1.807, 2.05) is 37.5 Å². The second-order valence-electron chi connectivity index (χ2n) is 3.57. The van der Waals surface area contributed by atoms with Crippen LogP contribution >= 0.6 is 11.6 Å². The Bertz CT molecular complexity index is 467. The molecule has 0 atom stereocenters. The molecule has 5 heteroatoms. The van der Waals surface area contributed by atoms with Crippen molar-refractivity contribution in [3.63, 3.8) is 0 Å². The van der Waals surface area contributed by atoms with Crippen molar-refractivity contribution in [2.45, 2.75) is 12.4 Å². The maximum absolute atomic E-state index is 5.77. The van der Waals surface area contributed by atoms with E-state index in [1.54, 1.807) is 4.68 Å². The van der Waals surface area contributed by atoms with E-state index >= 15 is 0 Å². The molecule has 1 aromatic carbocycles. The topological polar surface area (TPSA) is 42.7 Å². The van der Waals surface area contributed by atoms with Crippen LogP contribution in [0.5, 0.6) is 0 Å². The highest BCUT2D eigenvalue weighted by Crippen LogP contribution is 2.13. The molecule has 84 valence electrons. The molecule has 1 N–H and O–H groups in total. The lowest BCUT2D eigenvalue weighted by molar-refractivity contribution is 0.713. The van der Waals surface area contributed by atoms with Gasteiger partial charge in [0.1, 0.15) is 5.69 Å². The number of alkyl halides is 1. The molecule has 4 nitrogen and oxygen atoms in total. The molecule has 0 saturated heterocycles. The normalized spacial score (nSPS) is 10.4. The number of halogens is 1. The largest absolute Gasteiger partial charge is 0.379 e. The van der Waals surface area contributed by atoms with Crippen LogP contribution in [-0.4, -0.2) is 15.0 Å². The Balaban J connectivity index is 1.99. The summed E-state index contributed by atoms with van der Waals surface area (Å²) in [5.74, 6) is 0.528. The van der Waals surface area contributed by atoms with Gasteiger partial charge in [-0.05, 0) is 17.7 Å². The lowest BCUT2D eigenvalue weighted by Gasteiger charge is -2.05. The molecule has 1 heterocycles. The molecule has 0 spiro atoms. The van der Waals surface area contributed by atoms with Gasteiger partial charge in [-0.3, -0.25) is 4.68 Å². The summed E-state index contributed by atoms with van der Waals surface area (Å²) in [6.45, 7) is 0.666. The highest BCUT2D eigenvalue weighted by molar-refractivity contribution is 6.17. The van der Waals surface area contributed by atoms with Crippen LogP contribution in [0.2, 0.25) is 0 Å². The predicted octanol–water partition coefficient (Wildman–Crippen LogP) is 2.17. The number of nitrogens with one attached hydrogen (secondary N) is 1. The molecular weight excluding hydrogens is 224 g/mol. The molecule has 0 bridgehead atoms. The molecule has 16 heavy (non-hydrogen) atoms. The summed E-state index contributed by atoms with van der Waals surface area (Å²) >= 11 is 5.77. The summed E-state index contributed by atoms with van der Waals surface area (Å²) in [6.07, 6.45) is 1.89. The number of aromatic nitrogens is 3. The minimum absolute atomic E-state index is 0.528. The summed E-state index contributed by atoms with van der Waals surface area (Å²) in [7, 11) is 1.85. The van der Waals surface area contributed by atoms with Gasteiger partial charge >= 0.3 is 0 Å². The van der Waals surface area contributed by atoms with Crippen LogP contribution in [0.3, 0.4) is 0 Å². The first kappa shape index (κ1) is 11.0. The monoisotopic (exact) mass is 236 g/mol. The Labute approximate surface area is 99.2 Å². The average molecular weight is 237 g/mol. The fourth-order valence-corrected chi connectivity index (χ4v) is 1.60. The molecule has 2 rings (SSSR count). The van der Waals surface area contributed by atoms with Gasteiger partial charge in [-0.15, -0.1) is 16.7 Å². The van der Waals surface area contributed by atoms with Crippen molar-refractivity contribution in [1.29, 1.82) is 0 Å². The first-order valence-electron chi connectivity index (χ1n) is 5.02. The Hall–Kier alpha value is -1.55. The van der Waals surface area contributed by atoms with Crippen molar-refractivity contribution < 1.29 is 0 Å². The Morgan fingerprint density at radius 2 is 2.31 bits per heavy atom. The van der Waals surface area contributed by atoms with Gasteiger partial charge in [0.05, 0.1) is 6.54 Å². The van der Waals surface area contributed by atoms with E-state index < -0.39 is 0 Å². The zero-order valence-corrected chi connectivity index (χ0v) is 9.78. The maximum Gasteiger partial charge on any atom is 0.102 e. The SMILES string of the molecule is Cn1cc(CNc2cccc(CCl)c2)nn1. The van der Waals surface area contributed by atoms with Gasteiger partial charge in [-0.1, -0.05) is 17.3 Å². The first-order chi connectivity index (χ1) is 7.78. The van der Waals surface area contributed by atoms with Crippen LogP contribution in [0, 0.1) is 0 Å². The predicted molar refractivity (Wildman–Crippen MR) is 64.3 cm³/mol. The number of rotatable bonds is 4. The molecule has 0 fully saturated rings. The third-order valence-corrected chi connectivity index (χ3v) is 2.51. The first-order valence-corrected chi connectivity index (χ1v) is 5.55. The van der Waals surface area contributed by atoms with Gasteiger partial charge < -0.3 is 5.32 Å². The highest BCUT2D eigenvalue weighted by atomic mass is 35.5. The van der Waals surface area contributed by atoms with Crippen LogP contribution in [0.4, 0.5) is 5.69 Å².